The summed E-state index contributed by atoms with van der Waals surface area (Å²) >= 11 is 0. The van der Waals surface area contributed by atoms with Gasteiger partial charge in [0.2, 0.25) is 0 Å². The summed E-state index contributed by atoms with van der Waals surface area (Å²) < 4.78 is 11.1. The van der Waals surface area contributed by atoms with E-state index in [0.29, 0.717) is 12.6 Å². The number of aliphatic hydroxyl groups excluding tert-OH is 1. The van der Waals surface area contributed by atoms with Crippen molar-refractivity contribution in [2.75, 3.05) is 33.9 Å². The van der Waals surface area contributed by atoms with Gasteiger partial charge in [0.1, 0.15) is 5.75 Å². The highest BCUT2D eigenvalue weighted by Crippen LogP contribution is 2.27. The number of rotatable bonds is 6. The Morgan fingerprint density at radius 2 is 2.24 bits per heavy atom. The summed E-state index contributed by atoms with van der Waals surface area (Å²) in [6, 6.07) is 5.90. The third-order valence-electron chi connectivity index (χ3n) is 4.02. The van der Waals surface area contributed by atoms with E-state index in [9.17, 15) is 5.11 Å². The van der Waals surface area contributed by atoms with E-state index in [1.54, 1.807) is 7.11 Å². The van der Waals surface area contributed by atoms with Crippen molar-refractivity contribution in [1.29, 1.82) is 0 Å². The molecule has 0 spiro atoms. The maximum Gasteiger partial charge on any atom is 0.124 e. The molecule has 0 radical (unpaired) electrons. The van der Waals surface area contributed by atoms with Gasteiger partial charge >= 0.3 is 0 Å². The van der Waals surface area contributed by atoms with Crippen molar-refractivity contribution in [2.24, 2.45) is 0 Å². The molecule has 1 fully saturated rings. The van der Waals surface area contributed by atoms with Crippen LogP contribution in [0.1, 0.15) is 36.5 Å². The fraction of sp³-hybridized carbons (Fsp3) is 0.647. The number of nitrogens with zero attached hydrogens (tertiary/aromatic N) is 1. The topological polar surface area (TPSA) is 41.9 Å². The summed E-state index contributed by atoms with van der Waals surface area (Å²) in [5.74, 6) is 0.746. The Morgan fingerprint density at radius 3 is 2.90 bits per heavy atom. The second-order valence-electron chi connectivity index (χ2n) is 5.97. The van der Waals surface area contributed by atoms with Gasteiger partial charge < -0.3 is 19.5 Å². The highest BCUT2D eigenvalue weighted by Gasteiger charge is 2.19. The Hall–Kier alpha value is -1.10. The Morgan fingerprint density at radius 1 is 1.43 bits per heavy atom. The smallest absolute Gasteiger partial charge is 0.124 e. The predicted octanol–water partition coefficient (Wildman–Crippen LogP) is 2.54. The normalized spacial score (nSPS) is 20.5. The lowest BCUT2D eigenvalue weighted by Gasteiger charge is -2.29. The molecule has 2 rings (SSSR count). The molecular formula is C17H27NO3. The minimum Gasteiger partial charge on any atom is -0.496 e. The molecule has 0 amide bonds. The van der Waals surface area contributed by atoms with Gasteiger partial charge in [-0.25, -0.2) is 0 Å². The molecule has 1 heterocycles. The maximum atomic E-state index is 10.5. The van der Waals surface area contributed by atoms with Gasteiger partial charge in [0, 0.05) is 25.3 Å². The van der Waals surface area contributed by atoms with Crippen molar-refractivity contribution in [1.82, 2.24) is 4.90 Å². The number of methoxy groups -OCH3 is 1. The summed E-state index contributed by atoms with van der Waals surface area (Å²) in [6.45, 7) is 4.34. The van der Waals surface area contributed by atoms with Gasteiger partial charge in [0.15, 0.2) is 0 Å². The third kappa shape index (κ3) is 4.70. The minimum absolute atomic E-state index is 0.301. The molecule has 4 nitrogen and oxygen atoms in total. The van der Waals surface area contributed by atoms with Crippen LogP contribution in [-0.2, 0) is 4.74 Å². The van der Waals surface area contributed by atoms with E-state index < -0.39 is 6.10 Å². The summed E-state index contributed by atoms with van der Waals surface area (Å²) in [4.78, 5) is 2.14. The lowest BCUT2D eigenvalue weighted by atomic mass is 10.0. The van der Waals surface area contributed by atoms with E-state index in [2.05, 4.69) is 4.90 Å². The molecule has 118 valence electrons. The molecule has 0 saturated carbocycles. The second-order valence-corrected chi connectivity index (χ2v) is 5.97. The van der Waals surface area contributed by atoms with Gasteiger partial charge in [0.05, 0.1) is 19.3 Å². The fourth-order valence-electron chi connectivity index (χ4n) is 2.88. The number of hydrogen-bond acceptors (Lipinski definition) is 4. The quantitative estimate of drug-likeness (QED) is 0.875. The zero-order valence-electron chi connectivity index (χ0n) is 13.3. The first-order chi connectivity index (χ1) is 10.1. The first-order valence-electron chi connectivity index (χ1n) is 7.73. The van der Waals surface area contributed by atoms with E-state index in [0.717, 1.165) is 36.4 Å². The van der Waals surface area contributed by atoms with E-state index in [4.69, 9.17) is 9.47 Å². The molecule has 2 unspecified atom stereocenters. The van der Waals surface area contributed by atoms with Crippen LogP contribution >= 0.6 is 0 Å². The Bertz CT molecular complexity index is 444. The van der Waals surface area contributed by atoms with Crippen molar-refractivity contribution < 1.29 is 14.6 Å². The number of aliphatic hydroxyl groups is 1. The highest BCUT2D eigenvalue weighted by atomic mass is 16.5. The van der Waals surface area contributed by atoms with Gasteiger partial charge in [-0.3, -0.25) is 0 Å². The molecule has 21 heavy (non-hydrogen) atoms. The van der Waals surface area contributed by atoms with Crippen LogP contribution in [0.25, 0.3) is 0 Å². The molecule has 1 N–H and O–H groups in total. The summed E-state index contributed by atoms with van der Waals surface area (Å²) in [7, 11) is 3.67. The van der Waals surface area contributed by atoms with Crippen LogP contribution in [0, 0.1) is 6.92 Å². The number of hydrogen-bond donors (Lipinski definition) is 1. The van der Waals surface area contributed by atoms with Crippen molar-refractivity contribution in [3.05, 3.63) is 29.3 Å². The first kappa shape index (κ1) is 16.3. The monoisotopic (exact) mass is 293 g/mol. The molecule has 0 aromatic heterocycles. The van der Waals surface area contributed by atoms with Crippen LogP contribution in [0.2, 0.25) is 0 Å². The van der Waals surface area contributed by atoms with Crippen molar-refractivity contribution in [3.63, 3.8) is 0 Å². The van der Waals surface area contributed by atoms with Crippen molar-refractivity contribution in [3.8, 4) is 5.75 Å². The van der Waals surface area contributed by atoms with Crippen LogP contribution in [-0.4, -0.2) is 50.0 Å². The molecule has 1 saturated heterocycles. The lowest BCUT2D eigenvalue weighted by molar-refractivity contribution is -0.00806. The highest BCUT2D eigenvalue weighted by molar-refractivity contribution is 5.38. The first-order valence-corrected chi connectivity index (χ1v) is 7.73. The molecule has 0 bridgehead atoms. The van der Waals surface area contributed by atoms with Crippen molar-refractivity contribution >= 4 is 0 Å². The second kappa shape index (κ2) is 7.78. The van der Waals surface area contributed by atoms with Crippen LogP contribution < -0.4 is 4.74 Å². The van der Waals surface area contributed by atoms with Gasteiger partial charge in [-0.1, -0.05) is 11.6 Å². The average molecular weight is 293 g/mol. The molecule has 1 aromatic rings. The predicted molar refractivity (Wildman–Crippen MR) is 83.8 cm³/mol. The molecule has 1 aromatic carbocycles. The van der Waals surface area contributed by atoms with Crippen LogP contribution in [0.4, 0.5) is 0 Å². The molecule has 2 atom stereocenters. The zero-order valence-corrected chi connectivity index (χ0v) is 13.3. The Labute approximate surface area is 127 Å². The lowest BCUT2D eigenvalue weighted by Crippen LogP contribution is -2.35. The summed E-state index contributed by atoms with van der Waals surface area (Å²) in [5.41, 5.74) is 1.98. The third-order valence-corrected chi connectivity index (χ3v) is 4.02. The van der Waals surface area contributed by atoms with Crippen molar-refractivity contribution in [2.45, 2.75) is 38.4 Å². The van der Waals surface area contributed by atoms with Crippen LogP contribution in [0.3, 0.4) is 0 Å². The maximum absolute atomic E-state index is 10.5. The SMILES string of the molecule is COc1ccc(C)cc1C(O)CN(C)CC1CCCCO1. The van der Waals surface area contributed by atoms with Crippen LogP contribution in [0.5, 0.6) is 5.75 Å². The fourth-order valence-corrected chi connectivity index (χ4v) is 2.88. The molecule has 4 heteroatoms. The van der Waals surface area contributed by atoms with E-state index in [1.165, 1.54) is 12.8 Å². The van der Waals surface area contributed by atoms with E-state index in [1.807, 2.05) is 32.2 Å². The molecular weight excluding hydrogens is 266 g/mol. The minimum atomic E-state index is -0.548. The Balaban J connectivity index is 1.93. The van der Waals surface area contributed by atoms with Gasteiger partial charge in [-0.2, -0.15) is 0 Å². The Kier molecular flexibility index (Phi) is 6.03. The number of likely N-dealkylation sites (N-methyl/N-ethyl adjacent to an activating group) is 1. The number of aryl methyl sites for hydroxylation is 1. The summed E-state index contributed by atoms with van der Waals surface area (Å²) in [6.07, 6.45) is 3.29. The summed E-state index contributed by atoms with van der Waals surface area (Å²) in [5, 5.41) is 10.5. The largest absolute Gasteiger partial charge is 0.496 e. The van der Waals surface area contributed by atoms with Crippen LogP contribution in [0.15, 0.2) is 18.2 Å². The van der Waals surface area contributed by atoms with Gasteiger partial charge in [-0.05, 0) is 45.4 Å². The molecule has 0 aliphatic carbocycles. The molecule has 1 aliphatic rings. The standard InChI is InChI=1S/C17H27NO3/c1-13-7-8-17(20-3)15(10-13)16(19)12-18(2)11-14-6-4-5-9-21-14/h7-8,10,14,16,19H,4-6,9,11-12H2,1-3H3. The zero-order chi connectivity index (χ0) is 15.2. The van der Waals surface area contributed by atoms with E-state index in [-0.39, 0.29) is 0 Å². The molecule has 1 aliphatic heterocycles. The number of benzene rings is 1. The van der Waals surface area contributed by atoms with Gasteiger partial charge in [-0.15, -0.1) is 0 Å². The average Bonchev–Trinajstić information content (AvgIpc) is 2.48. The van der Waals surface area contributed by atoms with E-state index >= 15 is 0 Å². The van der Waals surface area contributed by atoms with Gasteiger partial charge in [0.25, 0.3) is 0 Å². The number of ether oxygens (including phenoxy) is 2.